The molecule has 0 saturated carbocycles. The second kappa shape index (κ2) is 1.97. The molecule has 1 aromatic rings. The van der Waals surface area contributed by atoms with Crippen molar-refractivity contribution in [2.45, 2.75) is 19.8 Å². The summed E-state index contributed by atoms with van der Waals surface area (Å²) in [6.45, 7) is 2.17. The van der Waals surface area contributed by atoms with E-state index in [4.69, 9.17) is 0 Å². The van der Waals surface area contributed by atoms with Crippen molar-refractivity contribution in [3.05, 3.63) is 16.8 Å². The Kier molecular flexibility index (Phi) is 1.13. The summed E-state index contributed by atoms with van der Waals surface area (Å²) in [5, 5.41) is 9.43. The first kappa shape index (κ1) is 5.71. The standard InChI is InChI=1S/C8H10N2/c1-6-3-2-4-8-7(6)5-9-10-8/h4-5,10H,2-3H2,1H3. The maximum absolute atomic E-state index is 3.98. The van der Waals surface area contributed by atoms with Gasteiger partial charge in [0, 0.05) is 5.22 Å². The highest BCUT2D eigenvalue weighted by atomic mass is 15.1. The second-order valence-electron chi connectivity index (χ2n) is 2.72. The fourth-order valence-electron chi connectivity index (χ4n) is 1.36. The van der Waals surface area contributed by atoms with E-state index >= 15 is 0 Å². The first-order valence-corrected chi connectivity index (χ1v) is 3.57. The molecule has 52 valence electrons. The number of nitrogens with one attached hydrogen (secondary N) is 1. The number of H-pyrrole nitrogens is 1. The zero-order valence-electron chi connectivity index (χ0n) is 6.02. The normalized spacial score (nSPS) is 16.3. The molecular formula is C8H10N2. The lowest BCUT2D eigenvalue weighted by atomic mass is 10.1. The lowest BCUT2D eigenvalue weighted by molar-refractivity contribution is 1.02. The molecule has 1 heterocycles. The maximum atomic E-state index is 3.98. The van der Waals surface area contributed by atoms with Crippen molar-refractivity contribution in [3.63, 3.8) is 0 Å². The maximum Gasteiger partial charge on any atom is 0.0610 e. The largest absolute Gasteiger partial charge is 0.278 e. The van der Waals surface area contributed by atoms with Crippen LogP contribution in [-0.4, -0.2) is 10.2 Å². The van der Waals surface area contributed by atoms with Crippen LogP contribution in [0.3, 0.4) is 0 Å². The van der Waals surface area contributed by atoms with Gasteiger partial charge in [0.05, 0.1) is 11.5 Å². The first-order chi connectivity index (χ1) is 4.88. The van der Waals surface area contributed by atoms with Crippen molar-refractivity contribution in [3.8, 4) is 0 Å². The van der Waals surface area contributed by atoms with Gasteiger partial charge in [0.15, 0.2) is 0 Å². The Hall–Kier alpha value is -1.05. The van der Waals surface area contributed by atoms with Gasteiger partial charge in [-0.15, -0.1) is 0 Å². The Morgan fingerprint density at radius 3 is 3.30 bits per heavy atom. The van der Waals surface area contributed by atoms with E-state index in [-0.39, 0.29) is 0 Å². The molecule has 2 nitrogen and oxygen atoms in total. The van der Waals surface area contributed by atoms with E-state index in [1.165, 1.54) is 22.6 Å². The third-order valence-corrected chi connectivity index (χ3v) is 2.00. The van der Waals surface area contributed by atoms with Crippen LogP contribution in [0.25, 0.3) is 11.6 Å². The van der Waals surface area contributed by atoms with Crippen molar-refractivity contribution in [1.29, 1.82) is 0 Å². The topological polar surface area (TPSA) is 28.7 Å². The van der Waals surface area contributed by atoms with Crippen LogP contribution < -0.4 is 10.6 Å². The zero-order valence-corrected chi connectivity index (χ0v) is 6.02. The number of aromatic nitrogens is 2. The molecule has 0 radical (unpaired) electrons. The van der Waals surface area contributed by atoms with E-state index in [1.54, 1.807) is 0 Å². The van der Waals surface area contributed by atoms with E-state index in [1.807, 2.05) is 6.20 Å². The third-order valence-electron chi connectivity index (χ3n) is 2.00. The Morgan fingerprint density at radius 1 is 1.60 bits per heavy atom. The molecule has 0 aromatic carbocycles. The predicted molar refractivity (Wildman–Crippen MR) is 40.6 cm³/mol. The molecule has 0 bridgehead atoms. The van der Waals surface area contributed by atoms with Crippen LogP contribution in [0.15, 0.2) is 6.20 Å². The monoisotopic (exact) mass is 134 g/mol. The summed E-state index contributed by atoms with van der Waals surface area (Å²) >= 11 is 0. The molecule has 10 heavy (non-hydrogen) atoms. The Bertz CT molecular complexity index is 346. The Labute approximate surface area is 59.3 Å². The highest BCUT2D eigenvalue weighted by molar-refractivity contribution is 5.46. The molecule has 0 saturated heterocycles. The molecule has 0 fully saturated rings. The highest BCUT2D eigenvalue weighted by Crippen LogP contribution is 2.04. The van der Waals surface area contributed by atoms with E-state index in [9.17, 15) is 0 Å². The number of fused-ring (bicyclic) bond motifs is 1. The van der Waals surface area contributed by atoms with E-state index in [0.717, 1.165) is 6.42 Å². The lowest BCUT2D eigenvalue weighted by Gasteiger charge is -1.99. The van der Waals surface area contributed by atoms with E-state index in [2.05, 4.69) is 23.2 Å². The van der Waals surface area contributed by atoms with Gasteiger partial charge in [-0.05, 0) is 19.8 Å². The zero-order chi connectivity index (χ0) is 6.97. The summed E-state index contributed by atoms with van der Waals surface area (Å²) in [5.74, 6) is 0. The second-order valence-corrected chi connectivity index (χ2v) is 2.72. The number of aromatic amines is 1. The van der Waals surface area contributed by atoms with Crippen molar-refractivity contribution in [2.24, 2.45) is 0 Å². The smallest absolute Gasteiger partial charge is 0.0610 e. The molecule has 0 amide bonds. The summed E-state index contributed by atoms with van der Waals surface area (Å²) in [4.78, 5) is 0. The number of rotatable bonds is 0. The molecular weight excluding hydrogens is 124 g/mol. The average molecular weight is 134 g/mol. The summed E-state index contributed by atoms with van der Waals surface area (Å²) in [7, 11) is 0. The molecule has 0 aliphatic heterocycles. The van der Waals surface area contributed by atoms with Crippen molar-refractivity contribution in [1.82, 2.24) is 10.2 Å². The van der Waals surface area contributed by atoms with Gasteiger partial charge in [0.2, 0.25) is 0 Å². The fraction of sp³-hybridized carbons (Fsp3) is 0.375. The van der Waals surface area contributed by atoms with Crippen LogP contribution in [0.4, 0.5) is 0 Å². The van der Waals surface area contributed by atoms with Gasteiger partial charge in [-0.2, -0.15) is 5.10 Å². The van der Waals surface area contributed by atoms with Crippen LogP contribution in [0.2, 0.25) is 0 Å². The average Bonchev–Trinajstić information content (AvgIpc) is 2.36. The molecule has 1 N–H and O–H groups in total. The van der Waals surface area contributed by atoms with Crippen LogP contribution in [0.5, 0.6) is 0 Å². The minimum absolute atomic E-state index is 1.15. The predicted octanol–water partition coefficient (Wildman–Crippen LogP) is 0.155. The van der Waals surface area contributed by atoms with E-state index in [0.29, 0.717) is 0 Å². The van der Waals surface area contributed by atoms with Gasteiger partial charge in [0.1, 0.15) is 0 Å². The Balaban J connectivity index is 2.91. The summed E-state index contributed by atoms with van der Waals surface area (Å²) < 4.78 is 0. The summed E-state index contributed by atoms with van der Waals surface area (Å²) in [6.07, 6.45) is 6.45. The van der Waals surface area contributed by atoms with Gasteiger partial charge < -0.3 is 0 Å². The van der Waals surface area contributed by atoms with Crippen LogP contribution >= 0.6 is 0 Å². The molecule has 1 aromatic heterocycles. The fourth-order valence-corrected chi connectivity index (χ4v) is 1.36. The number of hydrogen-bond acceptors (Lipinski definition) is 1. The van der Waals surface area contributed by atoms with Gasteiger partial charge in [-0.3, -0.25) is 5.10 Å². The van der Waals surface area contributed by atoms with Crippen molar-refractivity contribution in [2.75, 3.05) is 0 Å². The summed E-state index contributed by atoms with van der Waals surface area (Å²) in [5.41, 5.74) is 1.45. The van der Waals surface area contributed by atoms with Gasteiger partial charge in [-0.1, -0.05) is 11.6 Å². The van der Waals surface area contributed by atoms with Crippen LogP contribution in [0.1, 0.15) is 19.8 Å². The SMILES string of the molecule is CC1=c2cn[nH]c2=CCC1. The highest BCUT2D eigenvalue weighted by Gasteiger charge is 1.99. The number of hydrogen-bond donors (Lipinski definition) is 1. The Morgan fingerprint density at radius 2 is 2.50 bits per heavy atom. The van der Waals surface area contributed by atoms with E-state index < -0.39 is 0 Å². The number of nitrogens with zero attached hydrogens (tertiary/aromatic N) is 1. The third kappa shape index (κ3) is 0.685. The van der Waals surface area contributed by atoms with Crippen molar-refractivity contribution < 1.29 is 0 Å². The van der Waals surface area contributed by atoms with Gasteiger partial charge in [0.25, 0.3) is 0 Å². The van der Waals surface area contributed by atoms with Crippen LogP contribution in [0, 0.1) is 0 Å². The quantitative estimate of drug-likeness (QED) is 0.537. The molecule has 2 heteroatoms. The molecule has 0 spiro atoms. The summed E-state index contributed by atoms with van der Waals surface area (Å²) in [6, 6.07) is 0. The molecule has 0 unspecified atom stereocenters. The van der Waals surface area contributed by atoms with Gasteiger partial charge in [-0.25, -0.2) is 0 Å². The first-order valence-electron chi connectivity index (χ1n) is 3.57. The molecule has 1 aliphatic rings. The molecule has 0 atom stereocenters. The lowest BCUT2D eigenvalue weighted by Crippen LogP contribution is -2.26. The van der Waals surface area contributed by atoms with Gasteiger partial charge >= 0.3 is 0 Å². The molecule has 1 aliphatic carbocycles. The minimum Gasteiger partial charge on any atom is -0.278 e. The van der Waals surface area contributed by atoms with Crippen molar-refractivity contribution >= 4 is 11.6 Å². The molecule has 2 rings (SSSR count). The minimum atomic E-state index is 1.15. The van der Waals surface area contributed by atoms with Crippen LogP contribution in [-0.2, 0) is 0 Å².